The highest BCUT2D eigenvalue weighted by Gasteiger charge is 2.26. The molecule has 1 aromatic carbocycles. The summed E-state index contributed by atoms with van der Waals surface area (Å²) in [6, 6.07) is 8.53. The Balaban J connectivity index is 1.45. The van der Waals surface area contributed by atoms with Crippen LogP contribution >= 0.6 is 23.1 Å². The van der Waals surface area contributed by atoms with Crippen molar-refractivity contribution in [3.63, 3.8) is 0 Å². The minimum absolute atomic E-state index is 0.0637. The number of anilines is 1. The summed E-state index contributed by atoms with van der Waals surface area (Å²) in [7, 11) is 0. The van der Waals surface area contributed by atoms with Crippen molar-refractivity contribution in [2.75, 3.05) is 24.2 Å². The van der Waals surface area contributed by atoms with E-state index < -0.39 is 0 Å². The first kappa shape index (κ1) is 20.3. The number of aryl methyl sites for hydroxylation is 1. The topological polar surface area (TPSA) is 58.1 Å². The molecule has 0 spiro atoms. The summed E-state index contributed by atoms with van der Waals surface area (Å²) >= 11 is 3.17. The Bertz CT molecular complexity index is 754. The van der Waals surface area contributed by atoms with E-state index in [0.29, 0.717) is 11.0 Å². The number of piperidine rings is 1. The molecule has 1 aliphatic rings. The molecule has 5 nitrogen and oxygen atoms in total. The lowest BCUT2D eigenvalue weighted by Crippen LogP contribution is -2.37. The molecule has 1 saturated heterocycles. The van der Waals surface area contributed by atoms with Gasteiger partial charge < -0.3 is 5.32 Å². The van der Waals surface area contributed by atoms with E-state index in [4.69, 9.17) is 0 Å². The van der Waals surface area contributed by atoms with E-state index in [2.05, 4.69) is 65.5 Å². The van der Waals surface area contributed by atoms with E-state index in [9.17, 15) is 4.79 Å². The van der Waals surface area contributed by atoms with Gasteiger partial charge in [0.15, 0.2) is 4.34 Å². The second-order valence-electron chi connectivity index (χ2n) is 7.54. The molecule has 0 atom stereocenters. The zero-order valence-corrected chi connectivity index (χ0v) is 17.9. The van der Waals surface area contributed by atoms with Gasteiger partial charge in [0, 0.05) is 18.2 Å². The minimum Gasteiger partial charge on any atom is -0.300 e. The minimum atomic E-state index is 0.0637. The molecule has 3 rings (SSSR count). The molecule has 0 radical (unpaired) electrons. The molecule has 0 unspecified atom stereocenters. The molecule has 146 valence electrons. The maximum absolute atomic E-state index is 12.6. The number of rotatable bonds is 7. The van der Waals surface area contributed by atoms with Gasteiger partial charge in [-0.3, -0.25) is 9.69 Å². The fraction of sp³-hybridized carbons (Fsp3) is 0.550. The van der Waals surface area contributed by atoms with Crippen LogP contribution in [0, 0.1) is 18.8 Å². The highest BCUT2D eigenvalue weighted by atomic mass is 32.2. The van der Waals surface area contributed by atoms with Crippen molar-refractivity contribution in [2.24, 2.45) is 11.8 Å². The first-order chi connectivity index (χ1) is 13.0. The molecule has 27 heavy (non-hydrogen) atoms. The number of thioether (sulfide) groups is 1. The number of nitrogens with one attached hydrogen (secondary N) is 1. The van der Waals surface area contributed by atoms with Crippen LogP contribution in [0.5, 0.6) is 0 Å². The van der Waals surface area contributed by atoms with Gasteiger partial charge in [0.25, 0.3) is 0 Å². The van der Waals surface area contributed by atoms with Crippen molar-refractivity contribution < 1.29 is 4.79 Å². The third-order valence-electron chi connectivity index (χ3n) is 4.79. The van der Waals surface area contributed by atoms with Crippen LogP contribution in [0.1, 0.15) is 37.8 Å². The molecule has 1 N–H and O–H groups in total. The Hall–Kier alpha value is -1.44. The van der Waals surface area contributed by atoms with Crippen LogP contribution in [0.15, 0.2) is 28.6 Å². The van der Waals surface area contributed by atoms with Gasteiger partial charge in [-0.15, -0.1) is 10.2 Å². The van der Waals surface area contributed by atoms with Crippen molar-refractivity contribution in [2.45, 2.75) is 44.5 Å². The van der Waals surface area contributed by atoms with Crippen molar-refractivity contribution in [3.05, 3.63) is 35.4 Å². The average Bonchev–Trinajstić information content (AvgIpc) is 3.10. The van der Waals surface area contributed by atoms with Crippen LogP contribution in [0.2, 0.25) is 0 Å². The Morgan fingerprint density at radius 3 is 2.74 bits per heavy atom. The van der Waals surface area contributed by atoms with Gasteiger partial charge in [0.2, 0.25) is 11.0 Å². The van der Waals surface area contributed by atoms with Crippen LogP contribution < -0.4 is 5.32 Å². The van der Waals surface area contributed by atoms with Crippen LogP contribution in [-0.2, 0) is 11.3 Å². The lowest BCUT2D eigenvalue weighted by Gasteiger charge is -2.31. The highest BCUT2D eigenvalue weighted by molar-refractivity contribution is 8.01. The summed E-state index contributed by atoms with van der Waals surface area (Å²) in [5.41, 5.74) is 2.71. The van der Waals surface area contributed by atoms with E-state index >= 15 is 0 Å². The van der Waals surface area contributed by atoms with E-state index in [0.717, 1.165) is 42.6 Å². The van der Waals surface area contributed by atoms with Crippen LogP contribution in [0.25, 0.3) is 0 Å². The summed E-state index contributed by atoms with van der Waals surface area (Å²) < 4.78 is 0.923. The molecule has 0 saturated carbocycles. The number of benzene rings is 1. The predicted octanol–water partition coefficient (Wildman–Crippen LogP) is 4.45. The number of carbonyl (C=O) groups is 1. The summed E-state index contributed by atoms with van der Waals surface area (Å²) in [5, 5.41) is 11.9. The second-order valence-corrected chi connectivity index (χ2v) is 9.79. The van der Waals surface area contributed by atoms with Crippen molar-refractivity contribution in [1.82, 2.24) is 15.1 Å². The summed E-state index contributed by atoms with van der Waals surface area (Å²) in [6.07, 6.45) is 1.79. The Morgan fingerprint density at radius 1 is 1.30 bits per heavy atom. The monoisotopic (exact) mass is 404 g/mol. The third kappa shape index (κ3) is 6.02. The number of amides is 1. The molecule has 0 bridgehead atoms. The van der Waals surface area contributed by atoms with Gasteiger partial charge in [0.05, 0.1) is 0 Å². The SMILES string of the molecule is Cc1ccccc1CN1CCC(C(=O)Nc2nnc(SCC(C)C)s2)CC1. The smallest absolute Gasteiger partial charge is 0.229 e. The van der Waals surface area contributed by atoms with E-state index in [1.807, 2.05) is 0 Å². The molecule has 2 aromatic rings. The Morgan fingerprint density at radius 2 is 2.04 bits per heavy atom. The van der Waals surface area contributed by atoms with Crippen molar-refractivity contribution in [3.8, 4) is 0 Å². The zero-order chi connectivity index (χ0) is 19.2. The Kier molecular flexibility index (Phi) is 7.26. The summed E-state index contributed by atoms with van der Waals surface area (Å²) in [6.45, 7) is 9.40. The first-order valence-electron chi connectivity index (χ1n) is 9.55. The van der Waals surface area contributed by atoms with Gasteiger partial charge in [-0.2, -0.15) is 0 Å². The molecule has 1 aliphatic heterocycles. The molecule has 0 aliphatic carbocycles. The van der Waals surface area contributed by atoms with Crippen molar-refractivity contribution >= 4 is 34.1 Å². The predicted molar refractivity (Wildman–Crippen MR) is 113 cm³/mol. The third-order valence-corrected chi connectivity index (χ3v) is 7.19. The second kappa shape index (κ2) is 9.66. The quantitative estimate of drug-likeness (QED) is 0.546. The molecular weight excluding hydrogens is 376 g/mol. The number of carbonyl (C=O) groups excluding carboxylic acids is 1. The van der Waals surface area contributed by atoms with Crippen LogP contribution in [0.3, 0.4) is 0 Å². The summed E-state index contributed by atoms with van der Waals surface area (Å²) in [4.78, 5) is 15.0. The number of hydrogen-bond acceptors (Lipinski definition) is 6. The fourth-order valence-corrected chi connectivity index (χ4v) is 4.88. The average molecular weight is 405 g/mol. The largest absolute Gasteiger partial charge is 0.300 e. The van der Waals surface area contributed by atoms with E-state index in [1.165, 1.54) is 22.5 Å². The van der Waals surface area contributed by atoms with E-state index in [-0.39, 0.29) is 11.8 Å². The van der Waals surface area contributed by atoms with Gasteiger partial charge in [-0.05, 0) is 49.9 Å². The van der Waals surface area contributed by atoms with Crippen molar-refractivity contribution in [1.29, 1.82) is 0 Å². The molecular formula is C20H28N4OS2. The fourth-order valence-electron chi connectivity index (χ4n) is 3.15. The maximum atomic E-state index is 12.6. The number of hydrogen-bond donors (Lipinski definition) is 1. The number of nitrogens with zero attached hydrogens (tertiary/aromatic N) is 3. The van der Waals surface area contributed by atoms with Gasteiger partial charge in [-0.25, -0.2) is 0 Å². The van der Waals surface area contributed by atoms with Crippen LogP contribution in [-0.4, -0.2) is 39.8 Å². The summed E-state index contributed by atoms with van der Waals surface area (Å²) in [5.74, 6) is 1.78. The normalized spacial score (nSPS) is 16.0. The molecule has 1 amide bonds. The Labute approximate surface area is 170 Å². The van der Waals surface area contributed by atoms with Gasteiger partial charge in [-0.1, -0.05) is 61.2 Å². The number of likely N-dealkylation sites (tertiary alicyclic amines) is 1. The lowest BCUT2D eigenvalue weighted by atomic mass is 9.95. The van der Waals surface area contributed by atoms with Gasteiger partial charge >= 0.3 is 0 Å². The first-order valence-corrected chi connectivity index (χ1v) is 11.4. The van der Waals surface area contributed by atoms with Gasteiger partial charge in [0.1, 0.15) is 0 Å². The standard InChI is InChI=1S/C20H28N4OS2/c1-14(2)13-26-20-23-22-19(27-20)21-18(25)16-8-10-24(11-9-16)12-17-7-5-4-6-15(17)3/h4-7,14,16H,8-13H2,1-3H3,(H,21,22,25). The molecule has 1 aromatic heterocycles. The highest BCUT2D eigenvalue weighted by Crippen LogP contribution is 2.28. The molecule has 2 heterocycles. The number of aromatic nitrogens is 2. The lowest BCUT2D eigenvalue weighted by molar-refractivity contribution is -0.121. The maximum Gasteiger partial charge on any atom is 0.229 e. The van der Waals surface area contributed by atoms with E-state index in [1.54, 1.807) is 11.8 Å². The molecule has 1 fully saturated rings. The molecule has 7 heteroatoms. The van der Waals surface area contributed by atoms with Crippen LogP contribution in [0.4, 0.5) is 5.13 Å². The zero-order valence-electron chi connectivity index (χ0n) is 16.3.